The van der Waals surface area contributed by atoms with Crippen molar-refractivity contribution in [2.75, 3.05) is 0 Å². The first-order valence-electron chi connectivity index (χ1n) is 5.35. The molecule has 0 bridgehead atoms. The molecule has 2 atom stereocenters. The predicted octanol–water partition coefficient (Wildman–Crippen LogP) is 4.16. The summed E-state index contributed by atoms with van der Waals surface area (Å²) in [5.74, 6) is -0.803. The van der Waals surface area contributed by atoms with Crippen molar-refractivity contribution in [3.05, 3.63) is 33.8 Å². The van der Waals surface area contributed by atoms with Gasteiger partial charge < -0.3 is 5.73 Å². The molecule has 0 aliphatic heterocycles. The van der Waals surface area contributed by atoms with Gasteiger partial charge in [0.25, 0.3) is 0 Å². The number of rotatable bonds is 4. The summed E-state index contributed by atoms with van der Waals surface area (Å²) in [6, 6.07) is 1.91. The monoisotopic (exact) mass is 291 g/mol. The molecule has 0 aliphatic rings. The number of halogens is 3. The minimum absolute atomic E-state index is 0.0106. The Bertz CT molecular complexity index is 345. The van der Waals surface area contributed by atoms with Gasteiger partial charge in [-0.25, -0.2) is 8.78 Å². The van der Waals surface area contributed by atoms with Gasteiger partial charge in [-0.05, 0) is 24.5 Å². The van der Waals surface area contributed by atoms with Gasteiger partial charge in [0.15, 0.2) is 0 Å². The van der Waals surface area contributed by atoms with Crippen LogP contribution in [0.15, 0.2) is 16.6 Å². The first-order chi connectivity index (χ1) is 7.45. The Morgan fingerprint density at radius 1 is 1.31 bits per heavy atom. The van der Waals surface area contributed by atoms with Gasteiger partial charge in [-0.2, -0.15) is 0 Å². The molecular formula is C12H16BrF2N. The van der Waals surface area contributed by atoms with E-state index in [-0.39, 0.29) is 5.56 Å². The van der Waals surface area contributed by atoms with Crippen LogP contribution in [-0.4, -0.2) is 0 Å². The third-order valence-corrected chi connectivity index (χ3v) is 3.23. The van der Waals surface area contributed by atoms with Crippen molar-refractivity contribution in [1.82, 2.24) is 0 Å². The van der Waals surface area contributed by atoms with E-state index in [1.54, 1.807) is 0 Å². The highest BCUT2D eigenvalue weighted by Crippen LogP contribution is 2.27. The lowest BCUT2D eigenvalue weighted by molar-refractivity contribution is 0.433. The molecule has 16 heavy (non-hydrogen) atoms. The third kappa shape index (κ3) is 3.25. The lowest BCUT2D eigenvalue weighted by atomic mass is 9.94. The van der Waals surface area contributed by atoms with E-state index in [9.17, 15) is 8.78 Å². The second kappa shape index (κ2) is 5.73. The fourth-order valence-corrected chi connectivity index (χ4v) is 2.03. The van der Waals surface area contributed by atoms with Crippen LogP contribution in [0.4, 0.5) is 8.78 Å². The molecule has 0 spiro atoms. The van der Waals surface area contributed by atoms with Crippen LogP contribution < -0.4 is 5.73 Å². The highest BCUT2D eigenvalue weighted by Gasteiger charge is 2.19. The molecule has 0 amide bonds. The van der Waals surface area contributed by atoms with Crippen LogP contribution in [0.25, 0.3) is 0 Å². The van der Waals surface area contributed by atoms with Crippen molar-refractivity contribution in [3.63, 3.8) is 0 Å². The molecule has 0 fully saturated rings. The first kappa shape index (κ1) is 13.6. The van der Waals surface area contributed by atoms with Crippen LogP contribution >= 0.6 is 15.9 Å². The van der Waals surface area contributed by atoms with E-state index in [0.717, 1.165) is 6.42 Å². The topological polar surface area (TPSA) is 26.0 Å². The van der Waals surface area contributed by atoms with Crippen molar-refractivity contribution in [1.29, 1.82) is 0 Å². The molecule has 0 saturated carbocycles. The highest BCUT2D eigenvalue weighted by atomic mass is 79.9. The van der Waals surface area contributed by atoms with Crippen molar-refractivity contribution in [2.45, 2.75) is 32.7 Å². The first-order valence-corrected chi connectivity index (χ1v) is 6.15. The average molecular weight is 292 g/mol. The van der Waals surface area contributed by atoms with Crippen LogP contribution in [0, 0.1) is 17.6 Å². The molecule has 0 radical (unpaired) electrons. The normalized spacial score (nSPS) is 14.9. The molecule has 0 saturated heterocycles. The van der Waals surface area contributed by atoms with Gasteiger partial charge >= 0.3 is 0 Å². The van der Waals surface area contributed by atoms with Gasteiger partial charge in [0.05, 0.1) is 0 Å². The molecule has 1 rings (SSSR count). The summed E-state index contributed by atoms with van der Waals surface area (Å²) in [7, 11) is 0. The van der Waals surface area contributed by atoms with Gasteiger partial charge in [-0.1, -0.05) is 36.2 Å². The minimum atomic E-state index is -0.581. The summed E-state index contributed by atoms with van der Waals surface area (Å²) in [6.45, 7) is 4.06. The van der Waals surface area contributed by atoms with Crippen LogP contribution in [0.2, 0.25) is 0 Å². The SMILES string of the molecule is CCC(C)CC(N)c1c(F)cc(Br)cc1F. The van der Waals surface area contributed by atoms with Gasteiger partial charge in [0.1, 0.15) is 11.6 Å². The third-order valence-electron chi connectivity index (χ3n) is 2.77. The second-order valence-electron chi connectivity index (χ2n) is 4.14. The maximum absolute atomic E-state index is 13.6. The molecule has 0 heterocycles. The maximum Gasteiger partial charge on any atom is 0.132 e. The van der Waals surface area contributed by atoms with Gasteiger partial charge in [-0.3, -0.25) is 0 Å². The number of nitrogens with two attached hydrogens (primary N) is 1. The van der Waals surface area contributed by atoms with Gasteiger partial charge in [-0.15, -0.1) is 0 Å². The molecule has 0 aliphatic carbocycles. The van der Waals surface area contributed by atoms with Crippen molar-refractivity contribution in [2.24, 2.45) is 11.7 Å². The standard InChI is InChI=1S/C12H16BrF2N/c1-3-7(2)4-11(16)12-9(14)5-8(13)6-10(12)15/h5-7,11H,3-4,16H2,1-2H3. The fourth-order valence-electron chi connectivity index (χ4n) is 1.63. The Morgan fingerprint density at radius 3 is 2.25 bits per heavy atom. The van der Waals surface area contributed by atoms with E-state index in [2.05, 4.69) is 15.9 Å². The number of hydrogen-bond donors (Lipinski definition) is 1. The van der Waals surface area contributed by atoms with Crippen LogP contribution in [0.1, 0.15) is 38.3 Å². The Balaban J connectivity index is 2.95. The lowest BCUT2D eigenvalue weighted by Crippen LogP contribution is -2.17. The molecule has 1 aromatic carbocycles. The molecule has 2 unspecified atom stereocenters. The predicted molar refractivity (Wildman–Crippen MR) is 65.1 cm³/mol. The zero-order valence-electron chi connectivity index (χ0n) is 9.43. The average Bonchev–Trinajstić information content (AvgIpc) is 2.15. The lowest BCUT2D eigenvalue weighted by Gasteiger charge is -2.17. The van der Waals surface area contributed by atoms with Crippen molar-refractivity contribution >= 4 is 15.9 Å². The summed E-state index contributed by atoms with van der Waals surface area (Å²) in [5, 5.41) is 0. The van der Waals surface area contributed by atoms with E-state index in [0.29, 0.717) is 16.8 Å². The number of benzene rings is 1. The van der Waals surface area contributed by atoms with Crippen molar-refractivity contribution in [3.8, 4) is 0 Å². The Morgan fingerprint density at radius 2 is 1.81 bits per heavy atom. The zero-order valence-corrected chi connectivity index (χ0v) is 11.0. The Kier molecular flexibility index (Phi) is 4.87. The van der Waals surface area contributed by atoms with E-state index in [1.807, 2.05) is 13.8 Å². The van der Waals surface area contributed by atoms with E-state index >= 15 is 0 Å². The van der Waals surface area contributed by atoms with E-state index in [4.69, 9.17) is 5.73 Å². The highest BCUT2D eigenvalue weighted by molar-refractivity contribution is 9.10. The van der Waals surface area contributed by atoms with Crippen LogP contribution in [0.5, 0.6) is 0 Å². The van der Waals surface area contributed by atoms with Crippen LogP contribution in [-0.2, 0) is 0 Å². The molecule has 2 N–H and O–H groups in total. The zero-order chi connectivity index (χ0) is 12.3. The van der Waals surface area contributed by atoms with Gasteiger partial charge in [0.2, 0.25) is 0 Å². The number of hydrogen-bond acceptors (Lipinski definition) is 1. The quantitative estimate of drug-likeness (QED) is 0.885. The summed E-state index contributed by atoms with van der Waals surface area (Å²) >= 11 is 3.04. The fraction of sp³-hybridized carbons (Fsp3) is 0.500. The largest absolute Gasteiger partial charge is 0.324 e. The summed E-state index contributed by atoms with van der Waals surface area (Å²) in [4.78, 5) is 0. The smallest absolute Gasteiger partial charge is 0.132 e. The molecule has 90 valence electrons. The van der Waals surface area contributed by atoms with E-state index in [1.165, 1.54) is 12.1 Å². The molecule has 0 aromatic heterocycles. The summed E-state index contributed by atoms with van der Waals surface area (Å²) < 4.78 is 27.5. The van der Waals surface area contributed by atoms with E-state index < -0.39 is 17.7 Å². The molecule has 4 heteroatoms. The Labute approximate surface area is 103 Å². The Hall–Kier alpha value is -0.480. The molecule has 1 nitrogen and oxygen atoms in total. The maximum atomic E-state index is 13.6. The van der Waals surface area contributed by atoms with Gasteiger partial charge in [0, 0.05) is 16.1 Å². The van der Waals surface area contributed by atoms with Crippen molar-refractivity contribution < 1.29 is 8.78 Å². The molecular weight excluding hydrogens is 276 g/mol. The summed E-state index contributed by atoms with van der Waals surface area (Å²) in [6.07, 6.45) is 1.54. The summed E-state index contributed by atoms with van der Waals surface area (Å²) in [5.41, 5.74) is 5.82. The second-order valence-corrected chi connectivity index (χ2v) is 5.05. The van der Waals surface area contributed by atoms with Crippen LogP contribution in [0.3, 0.4) is 0 Å². The molecule has 1 aromatic rings. The minimum Gasteiger partial charge on any atom is -0.324 e.